The highest BCUT2D eigenvalue weighted by atomic mass is 35.5. The highest BCUT2D eigenvalue weighted by molar-refractivity contribution is 6.02. The Morgan fingerprint density at radius 3 is 2.92 bits per heavy atom. The first-order valence-electron chi connectivity index (χ1n) is 8.30. The fourth-order valence-electron chi connectivity index (χ4n) is 2.89. The molecule has 130 valence electrons. The number of rotatable bonds is 4. The molecule has 2 heterocycles. The van der Waals surface area contributed by atoms with E-state index in [0.29, 0.717) is 17.7 Å². The minimum Gasteiger partial charge on any atom is -0.321 e. The molecule has 2 aromatic rings. The molecule has 5 nitrogen and oxygen atoms in total. The first-order valence-corrected chi connectivity index (χ1v) is 8.30. The van der Waals surface area contributed by atoms with Crippen molar-refractivity contribution in [2.24, 2.45) is 0 Å². The number of nitrogens with zero attached hydrogens (tertiary/aromatic N) is 2. The summed E-state index contributed by atoms with van der Waals surface area (Å²) in [6.07, 6.45) is 4.15. The van der Waals surface area contributed by atoms with Gasteiger partial charge in [-0.05, 0) is 49.1 Å². The van der Waals surface area contributed by atoms with Crippen LogP contribution in [0.15, 0.2) is 36.5 Å². The van der Waals surface area contributed by atoms with Crippen molar-refractivity contribution in [3.8, 4) is 0 Å². The third-order valence-electron chi connectivity index (χ3n) is 4.30. The van der Waals surface area contributed by atoms with E-state index >= 15 is 0 Å². The first-order chi connectivity index (χ1) is 11.1. The smallest absolute Gasteiger partial charge is 0.276 e. The molecule has 1 aromatic heterocycles. The molecule has 6 heteroatoms. The van der Waals surface area contributed by atoms with Gasteiger partial charge in [-0.15, -0.1) is 12.4 Å². The van der Waals surface area contributed by atoms with E-state index in [9.17, 15) is 4.79 Å². The third kappa shape index (κ3) is 4.36. The lowest BCUT2D eigenvalue weighted by Gasteiger charge is -2.22. The summed E-state index contributed by atoms with van der Waals surface area (Å²) < 4.78 is 1.91. The maximum absolute atomic E-state index is 12.4. The molecular weight excluding hydrogens is 324 g/mol. The fourth-order valence-corrected chi connectivity index (χ4v) is 2.89. The Labute approximate surface area is 149 Å². The van der Waals surface area contributed by atoms with Gasteiger partial charge in [-0.3, -0.25) is 9.48 Å². The third-order valence-corrected chi connectivity index (χ3v) is 4.30. The number of piperidine rings is 1. The predicted octanol–water partition coefficient (Wildman–Crippen LogP) is 3.61. The van der Waals surface area contributed by atoms with Gasteiger partial charge in [0.05, 0.1) is 6.04 Å². The molecule has 1 aliphatic rings. The van der Waals surface area contributed by atoms with Gasteiger partial charge < -0.3 is 10.6 Å². The number of amides is 1. The molecule has 1 fully saturated rings. The molecule has 0 saturated carbocycles. The minimum atomic E-state index is -0.159. The zero-order valence-corrected chi connectivity index (χ0v) is 15.0. The lowest BCUT2D eigenvalue weighted by molar-refractivity contribution is 0.102. The topological polar surface area (TPSA) is 59.0 Å². The molecule has 0 bridgehead atoms. The number of anilines is 1. The lowest BCUT2D eigenvalue weighted by atomic mass is 10.0. The van der Waals surface area contributed by atoms with Crippen molar-refractivity contribution < 1.29 is 4.79 Å². The standard InChI is InChI=1S/C18H24N4O.ClH/c1-13(2)14-5-3-6-15(11-14)20-18(23)17-8-10-22(21-17)16-7-4-9-19-12-16;/h3,5-6,8,10-11,13,16,19H,4,7,9,12H2,1-2H3,(H,20,23);1H. The highest BCUT2D eigenvalue weighted by Crippen LogP contribution is 2.19. The number of nitrogens with one attached hydrogen (secondary N) is 2. The second kappa shape index (κ2) is 8.31. The maximum atomic E-state index is 12.4. The summed E-state index contributed by atoms with van der Waals surface area (Å²) in [4.78, 5) is 12.4. The quantitative estimate of drug-likeness (QED) is 0.887. The van der Waals surface area contributed by atoms with Crippen molar-refractivity contribution in [1.82, 2.24) is 15.1 Å². The van der Waals surface area contributed by atoms with Gasteiger partial charge in [0.15, 0.2) is 5.69 Å². The molecule has 1 aromatic carbocycles. The van der Waals surface area contributed by atoms with Gasteiger partial charge in [0.25, 0.3) is 5.91 Å². The Hall–Kier alpha value is -1.85. The van der Waals surface area contributed by atoms with E-state index in [0.717, 1.165) is 31.6 Å². The van der Waals surface area contributed by atoms with Crippen molar-refractivity contribution in [3.63, 3.8) is 0 Å². The number of carbonyl (C=O) groups is 1. The second-order valence-electron chi connectivity index (χ2n) is 6.42. The molecule has 2 N–H and O–H groups in total. The minimum absolute atomic E-state index is 0. The van der Waals surface area contributed by atoms with E-state index < -0.39 is 0 Å². The number of halogens is 1. The van der Waals surface area contributed by atoms with Crippen molar-refractivity contribution >= 4 is 24.0 Å². The summed E-state index contributed by atoms with van der Waals surface area (Å²) >= 11 is 0. The summed E-state index contributed by atoms with van der Waals surface area (Å²) in [6, 6.07) is 10.1. The van der Waals surface area contributed by atoms with Crippen molar-refractivity contribution in [1.29, 1.82) is 0 Å². The monoisotopic (exact) mass is 348 g/mol. The largest absolute Gasteiger partial charge is 0.321 e. The number of hydrogen-bond acceptors (Lipinski definition) is 3. The molecule has 1 unspecified atom stereocenters. The number of carbonyl (C=O) groups excluding carboxylic acids is 1. The van der Waals surface area contributed by atoms with Crippen LogP contribution in [0.3, 0.4) is 0 Å². The van der Waals surface area contributed by atoms with E-state index in [2.05, 4.69) is 35.6 Å². The Kier molecular flexibility index (Phi) is 6.40. The van der Waals surface area contributed by atoms with Crippen molar-refractivity contribution in [2.45, 2.75) is 38.6 Å². The summed E-state index contributed by atoms with van der Waals surface area (Å²) in [5.74, 6) is 0.276. The van der Waals surface area contributed by atoms with E-state index in [4.69, 9.17) is 0 Å². The maximum Gasteiger partial charge on any atom is 0.276 e. The average Bonchev–Trinajstić information content (AvgIpc) is 3.06. The summed E-state index contributed by atoms with van der Waals surface area (Å²) in [5.41, 5.74) is 2.49. The van der Waals surface area contributed by atoms with Crippen LogP contribution in [0.5, 0.6) is 0 Å². The highest BCUT2D eigenvalue weighted by Gasteiger charge is 2.17. The number of hydrogen-bond donors (Lipinski definition) is 2. The number of benzene rings is 1. The molecule has 3 rings (SSSR count). The van der Waals surface area contributed by atoms with Crippen LogP contribution in [0.4, 0.5) is 5.69 Å². The van der Waals surface area contributed by atoms with Crippen molar-refractivity contribution in [3.05, 3.63) is 47.8 Å². The zero-order valence-electron chi connectivity index (χ0n) is 14.2. The van der Waals surface area contributed by atoms with E-state index in [-0.39, 0.29) is 18.3 Å². The molecule has 1 amide bonds. The molecule has 0 radical (unpaired) electrons. The Bertz CT molecular complexity index is 677. The van der Waals surface area contributed by atoms with Gasteiger partial charge in [0.1, 0.15) is 0 Å². The van der Waals surface area contributed by atoms with Gasteiger partial charge in [0.2, 0.25) is 0 Å². The Balaban J connectivity index is 0.00000208. The van der Waals surface area contributed by atoms with E-state index in [1.54, 1.807) is 6.07 Å². The van der Waals surface area contributed by atoms with Gasteiger partial charge >= 0.3 is 0 Å². The summed E-state index contributed by atoms with van der Waals surface area (Å²) in [6.45, 7) is 6.26. The fraction of sp³-hybridized carbons (Fsp3) is 0.444. The zero-order chi connectivity index (χ0) is 16.2. The van der Waals surface area contributed by atoms with Gasteiger partial charge in [-0.2, -0.15) is 5.10 Å². The molecule has 1 aliphatic heterocycles. The lowest BCUT2D eigenvalue weighted by Crippen LogP contribution is -2.32. The SMILES string of the molecule is CC(C)c1cccc(NC(=O)c2ccn(C3CCCNC3)n2)c1.Cl. The van der Waals surface area contributed by atoms with Gasteiger partial charge in [-0.25, -0.2) is 0 Å². The van der Waals surface area contributed by atoms with Gasteiger partial charge in [0, 0.05) is 18.4 Å². The Morgan fingerprint density at radius 2 is 2.21 bits per heavy atom. The second-order valence-corrected chi connectivity index (χ2v) is 6.42. The van der Waals surface area contributed by atoms with Crippen LogP contribution in [-0.2, 0) is 0 Å². The summed E-state index contributed by atoms with van der Waals surface area (Å²) in [7, 11) is 0. The molecule has 0 aliphatic carbocycles. The first kappa shape index (κ1) is 18.5. The normalized spacial score (nSPS) is 17.4. The van der Waals surface area contributed by atoms with Crippen molar-refractivity contribution in [2.75, 3.05) is 18.4 Å². The molecule has 1 atom stereocenters. The van der Waals surface area contributed by atoms with Crippen LogP contribution in [0.25, 0.3) is 0 Å². The van der Waals surface area contributed by atoms with Crippen LogP contribution >= 0.6 is 12.4 Å². The van der Waals surface area contributed by atoms with E-state index in [1.165, 1.54) is 5.56 Å². The van der Waals surface area contributed by atoms with E-state index in [1.807, 2.05) is 29.1 Å². The van der Waals surface area contributed by atoms with Crippen LogP contribution in [0.1, 0.15) is 54.7 Å². The molecular formula is C18H25ClN4O. The predicted molar refractivity (Wildman–Crippen MR) is 99.1 cm³/mol. The van der Waals surface area contributed by atoms with Crippen LogP contribution < -0.4 is 10.6 Å². The van der Waals surface area contributed by atoms with Crippen LogP contribution in [0, 0.1) is 0 Å². The van der Waals surface area contributed by atoms with Gasteiger partial charge in [-0.1, -0.05) is 26.0 Å². The van der Waals surface area contributed by atoms with Crippen LogP contribution in [0.2, 0.25) is 0 Å². The van der Waals surface area contributed by atoms with Crippen LogP contribution in [-0.4, -0.2) is 28.8 Å². The average molecular weight is 349 g/mol. The molecule has 0 spiro atoms. The molecule has 24 heavy (non-hydrogen) atoms. The summed E-state index contributed by atoms with van der Waals surface area (Å²) in [5, 5.41) is 10.8. The molecule has 1 saturated heterocycles. The Morgan fingerprint density at radius 1 is 1.38 bits per heavy atom. The number of aromatic nitrogens is 2.